The molecule has 5 aromatic rings. The number of anilines is 2. The molecule has 3 N–H and O–H groups in total. The molecule has 0 saturated heterocycles. The molecule has 3 amide bonds. The first kappa shape index (κ1) is 32.2. The predicted molar refractivity (Wildman–Crippen MR) is 178 cm³/mol. The minimum absolute atomic E-state index is 0.115. The summed E-state index contributed by atoms with van der Waals surface area (Å²) in [6, 6.07) is 34.1. The van der Waals surface area contributed by atoms with Crippen LogP contribution in [0.1, 0.15) is 26.7 Å². The molecule has 0 heterocycles. The molecule has 5 aromatic carbocycles. The number of halogens is 3. The van der Waals surface area contributed by atoms with Gasteiger partial charge in [-0.15, -0.1) is 11.8 Å². The van der Waals surface area contributed by atoms with Crippen LogP contribution in [0.15, 0.2) is 138 Å². The molecule has 1 unspecified atom stereocenters. The Bertz CT molecular complexity index is 1910. The number of rotatable bonds is 10. The Kier molecular flexibility index (Phi) is 10.6. The van der Waals surface area contributed by atoms with Gasteiger partial charge in [-0.05, 0) is 66.2 Å². The van der Waals surface area contributed by atoms with Crippen molar-refractivity contribution in [3.63, 3.8) is 0 Å². The van der Waals surface area contributed by atoms with E-state index in [1.54, 1.807) is 60.7 Å². The van der Waals surface area contributed by atoms with Crippen LogP contribution >= 0.6 is 23.4 Å². The predicted octanol–water partition coefficient (Wildman–Crippen LogP) is 8.50. The summed E-state index contributed by atoms with van der Waals surface area (Å²) < 4.78 is 28.2. The van der Waals surface area contributed by atoms with E-state index >= 15 is 0 Å². The maximum absolute atomic E-state index is 14.5. The standard InChI is InChI=1S/C36H26ClF2N3O3S/c37-29-22-27(18-19-31(29)39)41-36(45)33(23-10-3-1-4-11-23)46-28-16-9-15-26(21-28)40-35(44)32(20-25-14-7-8-17-30(25)38)42-34(43)24-12-5-2-6-13-24/h1-22,33H,(H,40,44)(H,41,45)(H,42,43)/b32-20-. The summed E-state index contributed by atoms with van der Waals surface area (Å²) in [5.74, 6) is -2.75. The molecule has 0 aliphatic carbocycles. The molecule has 0 saturated carbocycles. The van der Waals surface area contributed by atoms with E-state index in [9.17, 15) is 23.2 Å². The quantitative estimate of drug-likeness (QED) is 0.104. The van der Waals surface area contributed by atoms with Crippen molar-refractivity contribution < 1.29 is 23.2 Å². The molecular weight excluding hydrogens is 628 g/mol. The average Bonchev–Trinajstić information content (AvgIpc) is 3.07. The molecule has 0 aromatic heterocycles. The van der Waals surface area contributed by atoms with Crippen LogP contribution in [-0.2, 0) is 9.59 Å². The number of hydrogen-bond donors (Lipinski definition) is 3. The van der Waals surface area contributed by atoms with Gasteiger partial charge in [0.15, 0.2) is 0 Å². The smallest absolute Gasteiger partial charge is 0.272 e. The monoisotopic (exact) mass is 653 g/mol. The number of carbonyl (C=O) groups is 3. The second-order valence-electron chi connectivity index (χ2n) is 9.91. The summed E-state index contributed by atoms with van der Waals surface area (Å²) in [5.41, 5.74) is 1.69. The van der Waals surface area contributed by atoms with Crippen molar-refractivity contribution in [2.24, 2.45) is 0 Å². The topological polar surface area (TPSA) is 87.3 Å². The van der Waals surface area contributed by atoms with Crippen LogP contribution in [0.25, 0.3) is 6.08 Å². The number of benzene rings is 5. The maximum atomic E-state index is 14.5. The van der Waals surface area contributed by atoms with E-state index in [2.05, 4.69) is 16.0 Å². The molecule has 0 radical (unpaired) electrons. The third kappa shape index (κ3) is 8.47. The fourth-order valence-electron chi connectivity index (χ4n) is 4.35. The van der Waals surface area contributed by atoms with Crippen LogP contribution < -0.4 is 16.0 Å². The van der Waals surface area contributed by atoms with Crippen LogP contribution in [-0.4, -0.2) is 17.7 Å². The number of hydrogen-bond acceptors (Lipinski definition) is 4. The van der Waals surface area contributed by atoms with Gasteiger partial charge in [-0.2, -0.15) is 0 Å². The van der Waals surface area contributed by atoms with E-state index in [-0.39, 0.29) is 22.2 Å². The highest BCUT2D eigenvalue weighted by Crippen LogP contribution is 2.37. The Labute approximate surface area is 273 Å². The van der Waals surface area contributed by atoms with E-state index in [0.29, 0.717) is 27.4 Å². The molecule has 0 aliphatic heterocycles. The van der Waals surface area contributed by atoms with Gasteiger partial charge in [0.2, 0.25) is 5.91 Å². The van der Waals surface area contributed by atoms with Crippen LogP contribution in [0, 0.1) is 11.6 Å². The molecule has 6 nitrogen and oxygen atoms in total. The van der Waals surface area contributed by atoms with E-state index < -0.39 is 28.7 Å². The molecule has 0 bridgehead atoms. The largest absolute Gasteiger partial charge is 0.325 e. The first-order valence-electron chi connectivity index (χ1n) is 14.0. The first-order chi connectivity index (χ1) is 22.3. The molecule has 0 spiro atoms. The molecule has 230 valence electrons. The number of carbonyl (C=O) groups excluding carboxylic acids is 3. The van der Waals surface area contributed by atoms with Crippen LogP contribution in [0.3, 0.4) is 0 Å². The van der Waals surface area contributed by atoms with Gasteiger partial charge in [-0.1, -0.05) is 84.4 Å². The van der Waals surface area contributed by atoms with E-state index in [1.807, 2.05) is 30.3 Å². The number of amides is 3. The first-order valence-corrected chi connectivity index (χ1v) is 15.2. The third-order valence-electron chi connectivity index (χ3n) is 6.61. The Hall–Kier alpha value is -5.25. The minimum Gasteiger partial charge on any atom is -0.325 e. The summed E-state index contributed by atoms with van der Waals surface area (Å²) in [5, 5.41) is 7.31. The van der Waals surface area contributed by atoms with Crippen LogP contribution in [0.4, 0.5) is 20.2 Å². The zero-order chi connectivity index (χ0) is 32.5. The summed E-state index contributed by atoms with van der Waals surface area (Å²) in [6.07, 6.45) is 1.27. The van der Waals surface area contributed by atoms with Gasteiger partial charge < -0.3 is 16.0 Å². The van der Waals surface area contributed by atoms with Crippen molar-refractivity contribution in [2.45, 2.75) is 10.1 Å². The summed E-state index contributed by atoms with van der Waals surface area (Å²) in [6.45, 7) is 0. The summed E-state index contributed by atoms with van der Waals surface area (Å²) in [4.78, 5) is 40.5. The molecule has 10 heteroatoms. The van der Waals surface area contributed by atoms with Gasteiger partial charge in [0.1, 0.15) is 22.6 Å². The number of thioether (sulfide) groups is 1. The van der Waals surface area contributed by atoms with Crippen molar-refractivity contribution in [1.82, 2.24) is 5.32 Å². The normalized spacial score (nSPS) is 11.8. The average molecular weight is 654 g/mol. The van der Waals surface area contributed by atoms with Crippen LogP contribution in [0.5, 0.6) is 0 Å². The fraction of sp³-hybridized carbons (Fsp3) is 0.0278. The van der Waals surface area contributed by atoms with Gasteiger partial charge in [0, 0.05) is 27.4 Å². The molecule has 1 atom stereocenters. The highest BCUT2D eigenvalue weighted by molar-refractivity contribution is 8.00. The zero-order valence-corrected chi connectivity index (χ0v) is 25.6. The SMILES string of the molecule is O=C(Nc1cccc(SC(C(=O)Nc2ccc(F)c(Cl)c2)c2ccccc2)c1)/C(=C/c1ccccc1F)NC(=O)c1ccccc1. The Morgan fingerprint density at radius 1 is 0.696 bits per heavy atom. The maximum Gasteiger partial charge on any atom is 0.272 e. The Morgan fingerprint density at radius 2 is 1.37 bits per heavy atom. The highest BCUT2D eigenvalue weighted by Gasteiger charge is 2.23. The van der Waals surface area contributed by atoms with Crippen molar-refractivity contribution in [3.8, 4) is 0 Å². The van der Waals surface area contributed by atoms with E-state index in [4.69, 9.17) is 11.6 Å². The molecule has 46 heavy (non-hydrogen) atoms. The Balaban J connectivity index is 1.38. The lowest BCUT2D eigenvalue weighted by Crippen LogP contribution is -2.30. The number of nitrogens with one attached hydrogen (secondary N) is 3. The molecule has 0 fully saturated rings. The molecule has 5 rings (SSSR count). The van der Waals surface area contributed by atoms with Gasteiger partial charge in [-0.3, -0.25) is 14.4 Å². The minimum atomic E-state index is -0.724. The summed E-state index contributed by atoms with van der Waals surface area (Å²) >= 11 is 7.14. The fourth-order valence-corrected chi connectivity index (χ4v) is 5.62. The van der Waals surface area contributed by atoms with Gasteiger partial charge in [0.05, 0.1) is 5.02 Å². The van der Waals surface area contributed by atoms with Crippen molar-refractivity contribution in [3.05, 3.63) is 166 Å². The van der Waals surface area contributed by atoms with Gasteiger partial charge in [-0.25, -0.2) is 8.78 Å². The molecular formula is C36H26ClF2N3O3S. The third-order valence-corrected chi connectivity index (χ3v) is 8.14. The lowest BCUT2D eigenvalue weighted by molar-refractivity contribution is -0.116. The van der Waals surface area contributed by atoms with Crippen molar-refractivity contribution in [1.29, 1.82) is 0 Å². The van der Waals surface area contributed by atoms with E-state index in [1.165, 1.54) is 54.2 Å². The van der Waals surface area contributed by atoms with Gasteiger partial charge in [0.25, 0.3) is 11.8 Å². The van der Waals surface area contributed by atoms with Crippen molar-refractivity contribution >= 4 is 58.5 Å². The Morgan fingerprint density at radius 3 is 2.09 bits per heavy atom. The lowest BCUT2D eigenvalue weighted by atomic mass is 10.1. The van der Waals surface area contributed by atoms with E-state index in [0.717, 1.165) is 0 Å². The second kappa shape index (κ2) is 15.2. The summed E-state index contributed by atoms with van der Waals surface area (Å²) in [7, 11) is 0. The zero-order valence-electron chi connectivity index (χ0n) is 24.0. The van der Waals surface area contributed by atoms with Gasteiger partial charge >= 0.3 is 0 Å². The molecule has 0 aliphatic rings. The highest BCUT2D eigenvalue weighted by atomic mass is 35.5. The second-order valence-corrected chi connectivity index (χ2v) is 11.5. The van der Waals surface area contributed by atoms with Crippen LogP contribution in [0.2, 0.25) is 5.02 Å². The van der Waals surface area contributed by atoms with Crippen molar-refractivity contribution in [2.75, 3.05) is 10.6 Å². The lowest BCUT2D eigenvalue weighted by Gasteiger charge is -2.18.